The van der Waals surface area contributed by atoms with Gasteiger partial charge in [-0.05, 0) is 30.8 Å². The summed E-state index contributed by atoms with van der Waals surface area (Å²) in [5.74, 6) is 0.295. The fourth-order valence-electron chi connectivity index (χ4n) is 2.65. The Morgan fingerprint density at radius 2 is 1.89 bits per heavy atom. The van der Waals surface area contributed by atoms with Crippen LogP contribution >= 0.6 is 0 Å². The summed E-state index contributed by atoms with van der Waals surface area (Å²) in [6.45, 7) is 7.35. The van der Waals surface area contributed by atoms with Crippen molar-refractivity contribution in [1.29, 1.82) is 0 Å². The van der Waals surface area contributed by atoms with E-state index < -0.39 is 17.1 Å². The third kappa shape index (κ3) is 5.30. The molecule has 0 saturated carbocycles. The van der Waals surface area contributed by atoms with E-state index in [1.807, 2.05) is 0 Å². The van der Waals surface area contributed by atoms with E-state index >= 15 is 0 Å². The van der Waals surface area contributed by atoms with E-state index in [0.717, 1.165) is 29.8 Å². The van der Waals surface area contributed by atoms with Gasteiger partial charge in [0.05, 0.1) is 20.2 Å². The van der Waals surface area contributed by atoms with Crippen LogP contribution in [0.5, 0.6) is 11.6 Å². The average molecular weight is 374 g/mol. The number of rotatable bonds is 9. The topological polar surface area (TPSA) is 99.9 Å². The molecule has 1 heterocycles. The van der Waals surface area contributed by atoms with Gasteiger partial charge in [0.2, 0.25) is 5.88 Å². The second-order valence-electron chi connectivity index (χ2n) is 5.99. The first-order chi connectivity index (χ1) is 13.0. The second kappa shape index (κ2) is 9.72. The van der Waals surface area contributed by atoms with Gasteiger partial charge >= 0.3 is 5.69 Å². The van der Waals surface area contributed by atoms with Gasteiger partial charge in [-0.25, -0.2) is 4.79 Å². The summed E-state index contributed by atoms with van der Waals surface area (Å²) < 4.78 is 6.21. The average Bonchev–Trinajstić information content (AvgIpc) is 2.67. The minimum Gasteiger partial charge on any atom is -0.497 e. The molecular formula is C19H26N4O4. The van der Waals surface area contributed by atoms with Crippen molar-refractivity contribution >= 4 is 6.21 Å². The van der Waals surface area contributed by atoms with Crippen molar-refractivity contribution < 1.29 is 9.84 Å². The molecule has 2 N–H and O–H groups in total. The summed E-state index contributed by atoms with van der Waals surface area (Å²) in [5.41, 5.74) is -0.573. The highest BCUT2D eigenvalue weighted by molar-refractivity contribution is 5.81. The molecule has 0 aliphatic heterocycles. The van der Waals surface area contributed by atoms with Crippen LogP contribution in [-0.2, 0) is 6.54 Å². The highest BCUT2D eigenvalue weighted by atomic mass is 16.5. The Labute approximate surface area is 157 Å². The normalized spacial score (nSPS) is 11.4. The SMILES string of the molecule is CCN(CC)CCN=Cc1c(O)n(Cc2ccc(OC)cc2)c(=O)[nH]c1=O. The van der Waals surface area contributed by atoms with Gasteiger partial charge in [0, 0.05) is 12.8 Å². The molecule has 0 bridgehead atoms. The highest BCUT2D eigenvalue weighted by Gasteiger charge is 2.13. The fraction of sp³-hybridized carbons (Fsp3) is 0.421. The number of ether oxygens (including phenoxy) is 1. The van der Waals surface area contributed by atoms with E-state index in [9.17, 15) is 14.7 Å². The Bertz CT molecular complexity index is 880. The molecule has 0 spiro atoms. The largest absolute Gasteiger partial charge is 0.497 e. The van der Waals surface area contributed by atoms with Crippen molar-refractivity contribution in [2.45, 2.75) is 20.4 Å². The molecule has 2 aromatic rings. The van der Waals surface area contributed by atoms with E-state index in [4.69, 9.17) is 4.74 Å². The number of benzene rings is 1. The van der Waals surface area contributed by atoms with Crippen molar-refractivity contribution in [1.82, 2.24) is 14.5 Å². The molecule has 146 valence electrons. The van der Waals surface area contributed by atoms with Gasteiger partial charge in [-0.15, -0.1) is 0 Å². The number of H-pyrrole nitrogens is 1. The zero-order chi connectivity index (χ0) is 19.8. The molecule has 2 rings (SSSR count). The summed E-state index contributed by atoms with van der Waals surface area (Å²) in [5, 5.41) is 10.4. The van der Waals surface area contributed by atoms with Crippen molar-refractivity contribution in [3.05, 3.63) is 56.2 Å². The predicted molar refractivity (Wildman–Crippen MR) is 105 cm³/mol. The zero-order valence-electron chi connectivity index (χ0n) is 15.9. The van der Waals surface area contributed by atoms with Crippen LogP contribution < -0.4 is 16.0 Å². The monoisotopic (exact) mass is 374 g/mol. The lowest BCUT2D eigenvalue weighted by Gasteiger charge is -2.15. The van der Waals surface area contributed by atoms with Crippen molar-refractivity contribution in [3.8, 4) is 11.6 Å². The lowest BCUT2D eigenvalue weighted by Crippen LogP contribution is -2.32. The molecule has 0 radical (unpaired) electrons. The molecule has 8 nitrogen and oxygen atoms in total. The Kier molecular flexibility index (Phi) is 7.36. The van der Waals surface area contributed by atoms with Crippen molar-refractivity contribution in [2.75, 3.05) is 33.3 Å². The van der Waals surface area contributed by atoms with E-state index in [0.29, 0.717) is 12.3 Å². The summed E-state index contributed by atoms with van der Waals surface area (Å²) >= 11 is 0. The van der Waals surface area contributed by atoms with Gasteiger partial charge < -0.3 is 14.7 Å². The molecule has 0 aliphatic rings. The van der Waals surface area contributed by atoms with Crippen LogP contribution in [0.4, 0.5) is 0 Å². The Hall–Kier alpha value is -2.87. The lowest BCUT2D eigenvalue weighted by atomic mass is 10.2. The molecule has 0 fully saturated rings. The molecule has 0 saturated heterocycles. The second-order valence-corrected chi connectivity index (χ2v) is 5.99. The third-order valence-electron chi connectivity index (χ3n) is 4.37. The van der Waals surface area contributed by atoms with Gasteiger partial charge in [-0.3, -0.25) is 19.3 Å². The molecule has 1 aromatic carbocycles. The number of hydrogen-bond donors (Lipinski definition) is 2. The Morgan fingerprint density at radius 3 is 2.48 bits per heavy atom. The summed E-state index contributed by atoms with van der Waals surface area (Å²) in [6, 6.07) is 7.10. The van der Waals surface area contributed by atoms with E-state index in [-0.39, 0.29) is 12.1 Å². The zero-order valence-corrected chi connectivity index (χ0v) is 15.9. The van der Waals surface area contributed by atoms with Crippen LogP contribution in [0.1, 0.15) is 25.0 Å². The van der Waals surface area contributed by atoms with Crippen LogP contribution in [0.2, 0.25) is 0 Å². The number of hydrogen-bond acceptors (Lipinski definition) is 6. The van der Waals surface area contributed by atoms with E-state index in [1.165, 1.54) is 6.21 Å². The fourth-order valence-corrected chi connectivity index (χ4v) is 2.65. The molecule has 0 unspecified atom stereocenters. The summed E-state index contributed by atoms with van der Waals surface area (Å²) in [4.78, 5) is 32.8. The first-order valence-corrected chi connectivity index (χ1v) is 8.91. The van der Waals surface area contributed by atoms with Gasteiger partial charge in [0.1, 0.15) is 11.3 Å². The van der Waals surface area contributed by atoms with Crippen LogP contribution in [0.15, 0.2) is 38.8 Å². The Morgan fingerprint density at radius 1 is 1.22 bits per heavy atom. The number of nitrogens with one attached hydrogen (secondary N) is 1. The number of aliphatic imine (C=N–C) groups is 1. The van der Waals surface area contributed by atoms with Gasteiger partial charge in [-0.1, -0.05) is 26.0 Å². The minimum atomic E-state index is -0.673. The van der Waals surface area contributed by atoms with Crippen LogP contribution in [0.25, 0.3) is 0 Å². The maximum Gasteiger partial charge on any atom is 0.331 e. The van der Waals surface area contributed by atoms with Crippen LogP contribution in [-0.4, -0.2) is 59.1 Å². The molecule has 27 heavy (non-hydrogen) atoms. The summed E-state index contributed by atoms with van der Waals surface area (Å²) in [6.07, 6.45) is 1.32. The minimum absolute atomic E-state index is 0.0253. The number of methoxy groups -OCH3 is 1. The van der Waals surface area contributed by atoms with Gasteiger partial charge in [-0.2, -0.15) is 0 Å². The number of aromatic amines is 1. The maximum absolute atomic E-state index is 12.1. The number of aromatic hydroxyl groups is 1. The molecule has 0 aliphatic carbocycles. The van der Waals surface area contributed by atoms with Crippen LogP contribution in [0, 0.1) is 0 Å². The number of nitrogens with zero attached hydrogens (tertiary/aromatic N) is 3. The van der Waals surface area contributed by atoms with Crippen molar-refractivity contribution in [2.24, 2.45) is 4.99 Å². The summed E-state index contributed by atoms with van der Waals surface area (Å²) in [7, 11) is 1.57. The lowest BCUT2D eigenvalue weighted by molar-refractivity contribution is 0.313. The molecule has 8 heteroatoms. The van der Waals surface area contributed by atoms with Crippen LogP contribution in [0.3, 0.4) is 0 Å². The smallest absolute Gasteiger partial charge is 0.331 e. The number of likely N-dealkylation sites (N-methyl/N-ethyl adjacent to an activating group) is 1. The first-order valence-electron chi connectivity index (χ1n) is 8.91. The third-order valence-corrected chi connectivity index (χ3v) is 4.37. The molecule has 1 aromatic heterocycles. The van der Waals surface area contributed by atoms with E-state index in [1.54, 1.807) is 31.4 Å². The standard InChI is InChI=1S/C19H26N4O4/c1-4-22(5-2)11-10-20-12-16-17(24)21-19(26)23(18(16)25)13-14-6-8-15(27-3)9-7-14/h6-9,12,25H,4-5,10-11,13H2,1-3H3,(H,21,24,26). The van der Waals surface area contributed by atoms with Gasteiger partial charge in [0.15, 0.2) is 0 Å². The molecule has 0 atom stereocenters. The Balaban J connectivity index is 2.22. The van der Waals surface area contributed by atoms with E-state index in [2.05, 4.69) is 28.7 Å². The quantitative estimate of drug-likeness (QED) is 0.640. The number of aromatic nitrogens is 2. The molecule has 0 amide bonds. The van der Waals surface area contributed by atoms with Crippen molar-refractivity contribution in [3.63, 3.8) is 0 Å². The predicted octanol–water partition coefficient (Wildman–Crippen LogP) is 1.06. The maximum atomic E-state index is 12.1. The highest BCUT2D eigenvalue weighted by Crippen LogP contribution is 2.14. The van der Waals surface area contributed by atoms with Gasteiger partial charge in [0.25, 0.3) is 5.56 Å². The first kappa shape index (κ1) is 20.4. The molecular weight excluding hydrogens is 348 g/mol.